The summed E-state index contributed by atoms with van der Waals surface area (Å²) in [6.45, 7) is 8.47. The first-order valence-corrected chi connectivity index (χ1v) is 12.3. The lowest BCUT2D eigenvalue weighted by atomic mass is 9.77. The standard InChI is InChI=1S/C28H39FO5/c1-20(2)27(31)33-17-14-26(15-18-34-28(32)21(3)19-30)25-12-10-24(11-13-25)23-8-6-22(7-9-23)5-4-16-29/h10-13,22-23,26,30H,1,3-9,14-19H2,2H3. The number of carbonyl (C=O) groups excluding carboxylic acids is 2. The molecule has 5 nitrogen and oxygen atoms in total. The molecule has 0 heterocycles. The van der Waals surface area contributed by atoms with Crippen molar-refractivity contribution in [3.8, 4) is 0 Å². The van der Waals surface area contributed by atoms with Crippen LogP contribution in [0.15, 0.2) is 48.6 Å². The van der Waals surface area contributed by atoms with Crippen LogP contribution in [-0.2, 0) is 19.1 Å². The zero-order valence-corrected chi connectivity index (χ0v) is 20.4. The molecule has 0 radical (unpaired) electrons. The predicted molar refractivity (Wildman–Crippen MR) is 131 cm³/mol. The molecule has 1 aromatic rings. The quantitative estimate of drug-likeness (QED) is 0.273. The zero-order chi connectivity index (χ0) is 24.9. The third-order valence-electron chi connectivity index (χ3n) is 6.70. The van der Waals surface area contributed by atoms with E-state index < -0.39 is 18.5 Å². The fourth-order valence-electron chi connectivity index (χ4n) is 4.55. The fourth-order valence-corrected chi connectivity index (χ4v) is 4.55. The fraction of sp³-hybridized carbons (Fsp3) is 0.571. The number of ether oxygens (including phenoxy) is 2. The second-order valence-electron chi connectivity index (χ2n) is 9.30. The van der Waals surface area contributed by atoms with Gasteiger partial charge in [-0.05, 0) is 87.2 Å². The first-order valence-electron chi connectivity index (χ1n) is 12.3. The van der Waals surface area contributed by atoms with E-state index in [1.807, 2.05) is 0 Å². The molecule has 1 atom stereocenters. The number of benzene rings is 1. The van der Waals surface area contributed by atoms with Gasteiger partial charge in [-0.3, -0.25) is 4.39 Å². The molecule has 1 aromatic carbocycles. The Bertz CT molecular complexity index is 809. The van der Waals surface area contributed by atoms with Crippen molar-refractivity contribution in [2.24, 2.45) is 5.92 Å². The zero-order valence-electron chi connectivity index (χ0n) is 20.4. The van der Waals surface area contributed by atoms with Crippen molar-refractivity contribution in [3.63, 3.8) is 0 Å². The van der Waals surface area contributed by atoms with Gasteiger partial charge in [-0.15, -0.1) is 0 Å². The molecule has 1 aliphatic rings. The number of rotatable bonds is 14. The van der Waals surface area contributed by atoms with Crippen LogP contribution in [0.5, 0.6) is 0 Å². The predicted octanol–water partition coefficient (Wildman–Crippen LogP) is 5.78. The average Bonchev–Trinajstić information content (AvgIpc) is 2.86. The van der Waals surface area contributed by atoms with Gasteiger partial charge in [0.05, 0.1) is 32.1 Å². The maximum Gasteiger partial charge on any atom is 0.335 e. The van der Waals surface area contributed by atoms with Gasteiger partial charge in [0.2, 0.25) is 0 Å². The molecule has 1 unspecified atom stereocenters. The number of esters is 2. The average molecular weight is 475 g/mol. The Hall–Kier alpha value is -2.47. The smallest absolute Gasteiger partial charge is 0.335 e. The lowest BCUT2D eigenvalue weighted by molar-refractivity contribution is -0.139. The minimum atomic E-state index is -0.604. The van der Waals surface area contributed by atoms with E-state index >= 15 is 0 Å². The molecule has 1 fully saturated rings. The molecule has 6 heteroatoms. The van der Waals surface area contributed by atoms with Crippen LogP contribution in [0.1, 0.15) is 81.3 Å². The van der Waals surface area contributed by atoms with Crippen molar-refractivity contribution < 1.29 is 28.6 Å². The summed E-state index contributed by atoms with van der Waals surface area (Å²) in [4.78, 5) is 23.5. The Kier molecular flexibility index (Phi) is 12.0. The maximum atomic E-state index is 12.4. The summed E-state index contributed by atoms with van der Waals surface area (Å²) in [6, 6.07) is 8.58. The van der Waals surface area contributed by atoms with Gasteiger partial charge < -0.3 is 14.6 Å². The number of halogens is 1. The summed E-state index contributed by atoms with van der Waals surface area (Å²) in [5.41, 5.74) is 2.81. The van der Waals surface area contributed by atoms with Gasteiger partial charge in [-0.2, -0.15) is 0 Å². The number of alkyl halides is 1. The Labute approximate surface area is 203 Å². The Balaban J connectivity index is 1.97. The summed E-state index contributed by atoms with van der Waals surface area (Å²) in [5.74, 6) is 0.214. The first-order chi connectivity index (χ1) is 16.3. The van der Waals surface area contributed by atoms with E-state index in [2.05, 4.69) is 37.4 Å². The Morgan fingerprint density at radius 1 is 1.03 bits per heavy atom. The Morgan fingerprint density at radius 2 is 1.62 bits per heavy atom. The number of aliphatic hydroxyl groups is 1. The molecule has 188 valence electrons. The van der Waals surface area contributed by atoms with E-state index in [1.165, 1.54) is 5.56 Å². The number of carbonyl (C=O) groups is 2. The third kappa shape index (κ3) is 9.05. The van der Waals surface area contributed by atoms with E-state index in [-0.39, 0.29) is 31.4 Å². The minimum Gasteiger partial charge on any atom is -0.462 e. The second kappa shape index (κ2) is 14.7. The van der Waals surface area contributed by atoms with Gasteiger partial charge in [-0.1, -0.05) is 37.4 Å². The highest BCUT2D eigenvalue weighted by molar-refractivity contribution is 5.88. The highest BCUT2D eigenvalue weighted by Crippen LogP contribution is 2.38. The molecule has 0 saturated heterocycles. The normalized spacial score (nSPS) is 18.7. The molecule has 0 spiro atoms. The highest BCUT2D eigenvalue weighted by Gasteiger charge is 2.23. The molecule has 1 saturated carbocycles. The molecule has 1 N–H and O–H groups in total. The maximum absolute atomic E-state index is 12.4. The summed E-state index contributed by atoms with van der Waals surface area (Å²) in [7, 11) is 0. The minimum absolute atomic E-state index is 0.0238. The third-order valence-corrected chi connectivity index (χ3v) is 6.70. The molecule has 1 aliphatic carbocycles. The van der Waals surface area contributed by atoms with Crippen molar-refractivity contribution >= 4 is 11.9 Å². The van der Waals surface area contributed by atoms with E-state index in [0.29, 0.717) is 36.7 Å². The molecule has 2 rings (SSSR count). The number of aliphatic hydroxyl groups excluding tert-OH is 1. The lowest BCUT2D eigenvalue weighted by Gasteiger charge is -2.29. The lowest BCUT2D eigenvalue weighted by Crippen LogP contribution is -2.15. The van der Waals surface area contributed by atoms with Crippen LogP contribution in [0.4, 0.5) is 4.39 Å². The summed E-state index contributed by atoms with van der Waals surface area (Å²) >= 11 is 0. The van der Waals surface area contributed by atoms with Gasteiger partial charge in [0.1, 0.15) is 0 Å². The van der Waals surface area contributed by atoms with Crippen molar-refractivity contribution in [2.75, 3.05) is 26.5 Å². The van der Waals surface area contributed by atoms with Crippen LogP contribution in [0.2, 0.25) is 0 Å². The topological polar surface area (TPSA) is 72.8 Å². The van der Waals surface area contributed by atoms with E-state index in [4.69, 9.17) is 14.6 Å². The van der Waals surface area contributed by atoms with Crippen molar-refractivity contribution in [1.29, 1.82) is 0 Å². The molecule has 0 bridgehead atoms. The Morgan fingerprint density at radius 3 is 2.15 bits per heavy atom. The van der Waals surface area contributed by atoms with Crippen LogP contribution in [0.25, 0.3) is 0 Å². The SMILES string of the molecule is C=C(C)C(=O)OCCC(CCOC(=O)C(=C)CO)c1ccc(C2CCC(CCCF)CC2)cc1. The molecular formula is C28H39FO5. The van der Waals surface area contributed by atoms with Gasteiger partial charge in [0, 0.05) is 5.57 Å². The van der Waals surface area contributed by atoms with Crippen LogP contribution < -0.4 is 0 Å². The van der Waals surface area contributed by atoms with Gasteiger partial charge >= 0.3 is 11.9 Å². The van der Waals surface area contributed by atoms with Crippen LogP contribution in [0.3, 0.4) is 0 Å². The monoisotopic (exact) mass is 474 g/mol. The highest BCUT2D eigenvalue weighted by atomic mass is 19.1. The summed E-state index contributed by atoms with van der Waals surface area (Å²) in [5, 5.41) is 9.02. The second-order valence-corrected chi connectivity index (χ2v) is 9.30. The number of hydrogen-bond acceptors (Lipinski definition) is 5. The van der Waals surface area contributed by atoms with Crippen molar-refractivity contribution in [3.05, 3.63) is 59.7 Å². The molecule has 0 aromatic heterocycles. The van der Waals surface area contributed by atoms with E-state index in [9.17, 15) is 14.0 Å². The van der Waals surface area contributed by atoms with Crippen LogP contribution in [-0.4, -0.2) is 43.5 Å². The molecule has 0 amide bonds. The molecular weight excluding hydrogens is 435 g/mol. The van der Waals surface area contributed by atoms with Crippen molar-refractivity contribution in [2.45, 2.75) is 70.1 Å². The summed E-state index contributed by atoms with van der Waals surface area (Å²) < 4.78 is 23.0. The van der Waals surface area contributed by atoms with Gasteiger partial charge in [0.15, 0.2) is 0 Å². The largest absolute Gasteiger partial charge is 0.462 e. The van der Waals surface area contributed by atoms with Crippen LogP contribution >= 0.6 is 0 Å². The van der Waals surface area contributed by atoms with Gasteiger partial charge in [-0.25, -0.2) is 9.59 Å². The van der Waals surface area contributed by atoms with E-state index in [1.54, 1.807) is 6.92 Å². The van der Waals surface area contributed by atoms with Gasteiger partial charge in [0.25, 0.3) is 0 Å². The molecule has 34 heavy (non-hydrogen) atoms. The molecule has 0 aliphatic heterocycles. The van der Waals surface area contributed by atoms with Crippen molar-refractivity contribution in [1.82, 2.24) is 0 Å². The number of hydrogen-bond donors (Lipinski definition) is 1. The van der Waals surface area contributed by atoms with Crippen LogP contribution in [0, 0.1) is 5.92 Å². The van der Waals surface area contributed by atoms with E-state index in [0.717, 1.165) is 37.7 Å². The first kappa shape index (κ1) is 27.8. The summed E-state index contributed by atoms with van der Waals surface area (Å²) in [6.07, 6.45) is 7.43.